The molecule has 0 amide bonds. The number of fused-ring (bicyclic) bond motifs is 1. The Morgan fingerprint density at radius 1 is 1.14 bits per heavy atom. The van der Waals surface area contributed by atoms with E-state index in [-0.39, 0.29) is 17.9 Å². The van der Waals surface area contributed by atoms with Gasteiger partial charge in [-0.3, -0.25) is 0 Å². The molecule has 0 saturated heterocycles. The second-order valence-electron chi connectivity index (χ2n) is 4.22. The highest BCUT2D eigenvalue weighted by Gasteiger charge is 2.48. The van der Waals surface area contributed by atoms with Crippen molar-refractivity contribution in [3.63, 3.8) is 0 Å². The number of halogens is 3. The van der Waals surface area contributed by atoms with Crippen molar-refractivity contribution >= 4 is 16.2 Å². The van der Waals surface area contributed by atoms with Gasteiger partial charge < -0.3 is 8.92 Å². The maximum Gasteiger partial charge on any atom is 0.534 e. The Balaban J connectivity index is 2.39. The summed E-state index contributed by atoms with van der Waals surface area (Å²) in [6.07, 6.45) is 2.63. The Kier molecular flexibility index (Phi) is 3.99. The molecular weight excluding hydrogens is 309 g/mol. The molecule has 0 fully saturated rings. The standard InChI is InChI=1S/C13H11F3O4S/c1-19-11-6-9-4-2-3-5-10(9)7-12(8-11)20-21(17,18)13(14,15)16/h2-6,8H,7H2,1H3. The first kappa shape index (κ1) is 15.4. The topological polar surface area (TPSA) is 52.6 Å². The van der Waals surface area contributed by atoms with Gasteiger partial charge in [0.25, 0.3) is 0 Å². The summed E-state index contributed by atoms with van der Waals surface area (Å²) in [5.74, 6) is -0.155. The smallest absolute Gasteiger partial charge is 0.497 e. The van der Waals surface area contributed by atoms with Gasteiger partial charge in [0.1, 0.15) is 11.5 Å². The van der Waals surface area contributed by atoms with Crippen molar-refractivity contribution in [1.29, 1.82) is 0 Å². The lowest BCUT2D eigenvalue weighted by molar-refractivity contribution is -0.0523. The lowest BCUT2D eigenvalue weighted by atomic mass is 10.1. The summed E-state index contributed by atoms with van der Waals surface area (Å²) in [7, 11) is -4.37. The Labute approximate surface area is 119 Å². The number of allylic oxidation sites excluding steroid dienone is 2. The molecule has 1 aliphatic carbocycles. The van der Waals surface area contributed by atoms with Crippen LogP contribution >= 0.6 is 0 Å². The SMILES string of the molecule is COC1=Cc2ccccc2CC(OS(=O)(=O)C(F)(F)F)=C1. The summed E-state index contributed by atoms with van der Waals surface area (Å²) < 4.78 is 68.5. The molecule has 0 unspecified atom stereocenters. The third-order valence-electron chi connectivity index (χ3n) is 2.76. The van der Waals surface area contributed by atoms with Crippen molar-refractivity contribution in [3.05, 3.63) is 53.0 Å². The number of methoxy groups -OCH3 is 1. The van der Waals surface area contributed by atoms with Gasteiger partial charge in [-0.25, -0.2) is 0 Å². The van der Waals surface area contributed by atoms with Crippen LogP contribution in [0.4, 0.5) is 13.2 Å². The van der Waals surface area contributed by atoms with Crippen molar-refractivity contribution in [2.75, 3.05) is 7.11 Å². The van der Waals surface area contributed by atoms with Gasteiger partial charge >= 0.3 is 15.6 Å². The number of benzene rings is 1. The fraction of sp³-hybridized carbons (Fsp3) is 0.231. The van der Waals surface area contributed by atoms with Gasteiger partial charge in [-0.2, -0.15) is 21.6 Å². The summed E-state index contributed by atoms with van der Waals surface area (Å²) in [6, 6.07) is 6.85. The fourth-order valence-corrected chi connectivity index (χ4v) is 2.27. The normalized spacial score (nSPS) is 15.4. The van der Waals surface area contributed by atoms with Crippen molar-refractivity contribution in [3.8, 4) is 0 Å². The molecule has 0 spiro atoms. The highest BCUT2D eigenvalue weighted by Crippen LogP contribution is 2.30. The molecule has 1 aliphatic rings. The highest BCUT2D eigenvalue weighted by molar-refractivity contribution is 7.87. The van der Waals surface area contributed by atoms with Crippen LogP contribution in [0.2, 0.25) is 0 Å². The first-order chi connectivity index (χ1) is 9.73. The maximum atomic E-state index is 12.4. The van der Waals surface area contributed by atoms with E-state index in [1.54, 1.807) is 30.3 Å². The minimum atomic E-state index is -5.70. The van der Waals surface area contributed by atoms with E-state index in [9.17, 15) is 21.6 Å². The van der Waals surface area contributed by atoms with Crippen molar-refractivity contribution in [2.24, 2.45) is 0 Å². The molecule has 0 bridgehead atoms. The Morgan fingerprint density at radius 3 is 2.43 bits per heavy atom. The zero-order valence-electron chi connectivity index (χ0n) is 10.8. The van der Waals surface area contributed by atoms with E-state index in [0.717, 1.165) is 6.08 Å². The third kappa shape index (κ3) is 3.38. The zero-order chi connectivity index (χ0) is 15.7. The van der Waals surface area contributed by atoms with Gasteiger partial charge in [0, 0.05) is 12.5 Å². The van der Waals surface area contributed by atoms with Crippen LogP contribution in [0.15, 0.2) is 41.9 Å². The van der Waals surface area contributed by atoms with Crippen molar-refractivity contribution in [2.45, 2.75) is 11.9 Å². The average molecular weight is 320 g/mol. The number of ether oxygens (including phenoxy) is 1. The molecule has 21 heavy (non-hydrogen) atoms. The molecule has 1 aromatic rings. The second-order valence-corrected chi connectivity index (χ2v) is 5.76. The molecule has 2 rings (SSSR count). The monoisotopic (exact) mass is 320 g/mol. The molecule has 8 heteroatoms. The summed E-state index contributed by atoms with van der Waals surface area (Å²) in [6.45, 7) is 0. The Bertz CT molecular complexity index is 702. The summed E-state index contributed by atoms with van der Waals surface area (Å²) >= 11 is 0. The van der Waals surface area contributed by atoms with E-state index in [2.05, 4.69) is 4.18 Å². The molecule has 4 nitrogen and oxygen atoms in total. The van der Waals surface area contributed by atoms with E-state index in [1.807, 2.05) is 0 Å². The third-order valence-corrected chi connectivity index (χ3v) is 3.76. The molecule has 0 heterocycles. The largest absolute Gasteiger partial charge is 0.534 e. The predicted molar refractivity (Wildman–Crippen MR) is 69.3 cm³/mol. The number of rotatable bonds is 3. The van der Waals surface area contributed by atoms with E-state index in [4.69, 9.17) is 4.74 Å². The highest BCUT2D eigenvalue weighted by atomic mass is 32.2. The number of alkyl halides is 3. The van der Waals surface area contributed by atoms with Gasteiger partial charge in [0.15, 0.2) is 0 Å². The Hall–Kier alpha value is -1.96. The molecule has 1 aromatic carbocycles. The van der Waals surface area contributed by atoms with Crippen molar-refractivity contribution in [1.82, 2.24) is 0 Å². The molecule has 0 saturated carbocycles. The number of hydrogen-bond acceptors (Lipinski definition) is 4. The van der Waals surface area contributed by atoms with E-state index in [0.29, 0.717) is 11.1 Å². The van der Waals surface area contributed by atoms with Crippen LogP contribution in [0.25, 0.3) is 6.08 Å². The Morgan fingerprint density at radius 2 is 1.81 bits per heavy atom. The van der Waals surface area contributed by atoms with Gasteiger partial charge in [0.2, 0.25) is 0 Å². The molecule has 0 aliphatic heterocycles. The summed E-state index contributed by atoms with van der Waals surface area (Å²) in [5, 5.41) is 0. The predicted octanol–water partition coefficient (Wildman–Crippen LogP) is 2.98. The van der Waals surface area contributed by atoms with Crippen molar-refractivity contribution < 1.29 is 30.5 Å². The summed E-state index contributed by atoms with van der Waals surface area (Å²) in [4.78, 5) is 0. The lowest BCUT2D eigenvalue weighted by Crippen LogP contribution is -2.25. The van der Waals surface area contributed by atoms with Crippen LogP contribution in [0.1, 0.15) is 11.1 Å². The quantitative estimate of drug-likeness (QED) is 0.635. The number of hydrogen-bond donors (Lipinski definition) is 0. The van der Waals surface area contributed by atoms with Gasteiger partial charge in [0.05, 0.1) is 7.11 Å². The molecule has 0 N–H and O–H groups in total. The molecule has 0 radical (unpaired) electrons. The van der Waals surface area contributed by atoms with E-state index in [1.165, 1.54) is 7.11 Å². The van der Waals surface area contributed by atoms with E-state index >= 15 is 0 Å². The van der Waals surface area contributed by atoms with Gasteiger partial charge in [-0.15, -0.1) is 0 Å². The first-order valence-electron chi connectivity index (χ1n) is 5.78. The average Bonchev–Trinajstić information content (AvgIpc) is 2.55. The van der Waals surface area contributed by atoms with Crippen LogP contribution in [0.5, 0.6) is 0 Å². The lowest BCUT2D eigenvalue weighted by Gasteiger charge is -2.12. The molecular formula is C13H11F3O4S. The fourth-order valence-electron chi connectivity index (χ4n) is 1.79. The second kappa shape index (κ2) is 5.44. The minimum absolute atomic E-state index is 0.0884. The minimum Gasteiger partial charge on any atom is -0.497 e. The van der Waals surface area contributed by atoms with Crippen LogP contribution in [-0.2, 0) is 25.5 Å². The van der Waals surface area contributed by atoms with Crippen LogP contribution in [-0.4, -0.2) is 21.0 Å². The first-order valence-corrected chi connectivity index (χ1v) is 7.18. The van der Waals surface area contributed by atoms with Crippen LogP contribution in [0, 0.1) is 0 Å². The molecule has 0 aromatic heterocycles. The zero-order valence-corrected chi connectivity index (χ0v) is 11.7. The molecule has 114 valence electrons. The van der Waals surface area contributed by atoms with Gasteiger partial charge in [-0.1, -0.05) is 24.3 Å². The summed E-state index contributed by atoms with van der Waals surface area (Å²) in [5.41, 5.74) is -4.13. The van der Waals surface area contributed by atoms with Gasteiger partial charge in [-0.05, 0) is 17.2 Å². The molecule has 0 atom stereocenters. The van der Waals surface area contributed by atoms with Crippen LogP contribution in [0.3, 0.4) is 0 Å². The van der Waals surface area contributed by atoms with Crippen LogP contribution < -0.4 is 0 Å². The van der Waals surface area contributed by atoms with E-state index < -0.39 is 15.6 Å². The maximum absolute atomic E-state index is 12.4.